The van der Waals surface area contributed by atoms with Gasteiger partial charge in [0.25, 0.3) is 0 Å². The first-order valence-corrected chi connectivity index (χ1v) is 6.49. The number of ketones is 1. The number of Topliss-reactive ketones (excluding diaryl/α,β-unsaturated/α-hetero) is 1. The fourth-order valence-electron chi connectivity index (χ4n) is 0.879. The molecule has 0 aliphatic heterocycles. The molecule has 0 aliphatic rings. The molecule has 0 aliphatic carbocycles. The van der Waals surface area contributed by atoms with Gasteiger partial charge in [-0.05, 0) is 5.56 Å². The van der Waals surface area contributed by atoms with E-state index in [-0.39, 0.29) is 12.4 Å². The van der Waals surface area contributed by atoms with Gasteiger partial charge in [0, 0.05) is 6.42 Å². The van der Waals surface area contributed by atoms with E-state index in [9.17, 15) is 4.79 Å². The van der Waals surface area contributed by atoms with Gasteiger partial charge in [0.1, 0.15) is 6.61 Å². The molecule has 0 saturated carbocycles. The van der Waals surface area contributed by atoms with Crippen molar-refractivity contribution >= 4 is 5.78 Å². The molecule has 0 amide bonds. The number of hydrogen-bond acceptors (Lipinski definition) is 2. The molecule has 1 aromatic carbocycles. The minimum atomic E-state index is -0.366. The first-order chi connectivity index (χ1) is 8.33. The van der Waals surface area contributed by atoms with Gasteiger partial charge < -0.3 is 5.11 Å². The SMILES string of the molecule is CC.CC.CC.O=C(CO)Cc1ccccc1. The van der Waals surface area contributed by atoms with Crippen LogP contribution in [0.4, 0.5) is 0 Å². The second-order valence-corrected chi connectivity index (χ2v) is 2.36. The smallest absolute Gasteiger partial charge is 0.162 e. The lowest BCUT2D eigenvalue weighted by Gasteiger charge is -1.95. The first kappa shape index (κ1) is 21.2. The number of carbonyl (C=O) groups excluding carboxylic acids is 1. The number of hydrogen-bond donors (Lipinski definition) is 1. The lowest BCUT2D eigenvalue weighted by atomic mass is 10.1. The number of rotatable bonds is 3. The topological polar surface area (TPSA) is 37.3 Å². The number of aliphatic hydroxyl groups is 1. The van der Waals surface area contributed by atoms with Crippen LogP contribution >= 0.6 is 0 Å². The summed E-state index contributed by atoms with van der Waals surface area (Å²) in [4.78, 5) is 10.7. The highest BCUT2D eigenvalue weighted by Gasteiger charge is 1.99. The van der Waals surface area contributed by atoms with Gasteiger partial charge in [-0.3, -0.25) is 4.79 Å². The molecule has 0 saturated heterocycles. The molecular formula is C15H28O2. The maximum atomic E-state index is 10.7. The maximum absolute atomic E-state index is 10.7. The van der Waals surface area contributed by atoms with Crippen LogP contribution in [0.2, 0.25) is 0 Å². The van der Waals surface area contributed by atoms with Crippen LogP contribution in [0, 0.1) is 0 Å². The fraction of sp³-hybridized carbons (Fsp3) is 0.533. The highest BCUT2D eigenvalue weighted by Crippen LogP contribution is 1.99. The molecule has 1 N–H and O–H groups in total. The van der Waals surface area contributed by atoms with Crippen LogP contribution in [0.3, 0.4) is 0 Å². The molecule has 0 unspecified atom stereocenters. The Morgan fingerprint density at radius 1 is 0.941 bits per heavy atom. The Balaban J connectivity index is -0.000000285. The fourth-order valence-corrected chi connectivity index (χ4v) is 0.879. The molecule has 17 heavy (non-hydrogen) atoms. The van der Waals surface area contributed by atoms with E-state index in [0.717, 1.165) is 5.56 Å². The highest BCUT2D eigenvalue weighted by molar-refractivity contribution is 5.81. The Morgan fingerprint density at radius 3 is 1.71 bits per heavy atom. The molecule has 0 bridgehead atoms. The van der Waals surface area contributed by atoms with E-state index in [2.05, 4.69) is 0 Å². The third-order valence-corrected chi connectivity index (χ3v) is 1.42. The van der Waals surface area contributed by atoms with E-state index in [1.165, 1.54) is 0 Å². The van der Waals surface area contributed by atoms with Crippen molar-refractivity contribution in [2.45, 2.75) is 48.0 Å². The predicted molar refractivity (Wildman–Crippen MR) is 76.3 cm³/mol. The van der Waals surface area contributed by atoms with Gasteiger partial charge in [-0.2, -0.15) is 0 Å². The number of benzene rings is 1. The molecule has 1 aromatic rings. The van der Waals surface area contributed by atoms with Crippen LogP contribution in [-0.2, 0) is 11.2 Å². The molecule has 2 nitrogen and oxygen atoms in total. The van der Waals surface area contributed by atoms with E-state index < -0.39 is 0 Å². The minimum Gasteiger partial charge on any atom is -0.389 e. The largest absolute Gasteiger partial charge is 0.389 e. The molecule has 0 fully saturated rings. The van der Waals surface area contributed by atoms with Gasteiger partial charge in [0.05, 0.1) is 0 Å². The van der Waals surface area contributed by atoms with Crippen molar-refractivity contribution in [2.24, 2.45) is 0 Å². The lowest BCUT2D eigenvalue weighted by Crippen LogP contribution is -2.06. The van der Waals surface area contributed by atoms with Crippen molar-refractivity contribution in [3.05, 3.63) is 35.9 Å². The van der Waals surface area contributed by atoms with Gasteiger partial charge in [-0.25, -0.2) is 0 Å². The first-order valence-electron chi connectivity index (χ1n) is 6.49. The Hall–Kier alpha value is -1.15. The molecule has 0 heterocycles. The zero-order valence-electron chi connectivity index (χ0n) is 12.2. The second kappa shape index (κ2) is 20.3. The number of aliphatic hydroxyl groups excluding tert-OH is 1. The van der Waals surface area contributed by atoms with Crippen LogP contribution in [-0.4, -0.2) is 17.5 Å². The van der Waals surface area contributed by atoms with Crippen molar-refractivity contribution < 1.29 is 9.90 Å². The Kier molecular flexibility index (Phi) is 25.3. The number of carbonyl (C=O) groups is 1. The zero-order valence-corrected chi connectivity index (χ0v) is 12.2. The van der Waals surface area contributed by atoms with E-state index in [1.54, 1.807) is 0 Å². The maximum Gasteiger partial charge on any atom is 0.162 e. The summed E-state index contributed by atoms with van der Waals surface area (Å²) in [6.07, 6.45) is 0.331. The summed E-state index contributed by atoms with van der Waals surface area (Å²) in [7, 11) is 0. The summed E-state index contributed by atoms with van der Waals surface area (Å²) in [6.45, 7) is 11.6. The Labute approximate surface area is 107 Å². The average Bonchev–Trinajstić information content (AvgIpc) is 2.46. The Morgan fingerprint density at radius 2 is 1.35 bits per heavy atom. The average molecular weight is 240 g/mol. The summed E-state index contributed by atoms with van der Waals surface area (Å²) < 4.78 is 0. The third-order valence-electron chi connectivity index (χ3n) is 1.42. The van der Waals surface area contributed by atoms with Gasteiger partial charge in [0.15, 0.2) is 5.78 Å². The molecule has 0 spiro atoms. The quantitative estimate of drug-likeness (QED) is 0.871. The van der Waals surface area contributed by atoms with E-state index >= 15 is 0 Å². The van der Waals surface area contributed by atoms with Gasteiger partial charge >= 0.3 is 0 Å². The summed E-state index contributed by atoms with van der Waals surface area (Å²) in [6, 6.07) is 9.38. The zero-order chi connectivity index (χ0) is 14.1. The van der Waals surface area contributed by atoms with Gasteiger partial charge in [0.2, 0.25) is 0 Å². The van der Waals surface area contributed by atoms with Crippen molar-refractivity contribution in [1.82, 2.24) is 0 Å². The molecule has 1 rings (SSSR count). The predicted octanol–water partition coefficient (Wildman–Crippen LogP) is 3.87. The summed E-state index contributed by atoms with van der Waals surface area (Å²) >= 11 is 0. The standard InChI is InChI=1S/C9H10O2.3C2H6/c10-7-9(11)6-8-4-2-1-3-5-8;3*1-2/h1-5,10H,6-7H2;3*1-2H3. The normalized spacial score (nSPS) is 7.24. The summed E-state index contributed by atoms with van der Waals surface area (Å²) in [5, 5.41) is 8.45. The van der Waals surface area contributed by atoms with Crippen LogP contribution in [0.15, 0.2) is 30.3 Å². The molecule has 0 radical (unpaired) electrons. The molecule has 0 atom stereocenters. The summed E-state index contributed by atoms with van der Waals surface area (Å²) in [5.74, 6) is -0.142. The van der Waals surface area contributed by atoms with Crippen LogP contribution in [0.5, 0.6) is 0 Å². The van der Waals surface area contributed by atoms with Gasteiger partial charge in [-0.1, -0.05) is 71.9 Å². The van der Waals surface area contributed by atoms with E-state index in [1.807, 2.05) is 71.9 Å². The van der Waals surface area contributed by atoms with E-state index in [4.69, 9.17) is 5.11 Å². The summed E-state index contributed by atoms with van der Waals surface area (Å²) in [5.41, 5.74) is 0.951. The van der Waals surface area contributed by atoms with Crippen LogP contribution < -0.4 is 0 Å². The van der Waals surface area contributed by atoms with E-state index in [0.29, 0.717) is 6.42 Å². The van der Waals surface area contributed by atoms with Crippen molar-refractivity contribution in [1.29, 1.82) is 0 Å². The lowest BCUT2D eigenvalue weighted by molar-refractivity contribution is -0.121. The molecule has 0 aromatic heterocycles. The highest BCUT2D eigenvalue weighted by atomic mass is 16.3. The minimum absolute atomic E-state index is 0.142. The Bertz CT molecular complexity index is 230. The monoisotopic (exact) mass is 240 g/mol. The molecule has 100 valence electrons. The van der Waals surface area contributed by atoms with Crippen LogP contribution in [0.1, 0.15) is 47.1 Å². The van der Waals surface area contributed by atoms with Crippen molar-refractivity contribution in [3.63, 3.8) is 0 Å². The van der Waals surface area contributed by atoms with Crippen molar-refractivity contribution in [3.8, 4) is 0 Å². The molecular weight excluding hydrogens is 212 g/mol. The van der Waals surface area contributed by atoms with Gasteiger partial charge in [-0.15, -0.1) is 0 Å². The van der Waals surface area contributed by atoms with Crippen LogP contribution in [0.25, 0.3) is 0 Å². The second-order valence-electron chi connectivity index (χ2n) is 2.36. The third kappa shape index (κ3) is 14.8. The van der Waals surface area contributed by atoms with Crippen molar-refractivity contribution in [2.75, 3.05) is 6.61 Å². The molecule has 2 heteroatoms.